The highest BCUT2D eigenvalue weighted by Crippen LogP contribution is 2.08. The first kappa shape index (κ1) is 18.9. The van der Waals surface area contributed by atoms with Crippen molar-refractivity contribution in [2.24, 2.45) is 17.6 Å². The van der Waals surface area contributed by atoms with Crippen molar-refractivity contribution in [3.8, 4) is 0 Å². The Morgan fingerprint density at radius 3 is 1.81 bits per heavy atom. The number of rotatable bonds is 4. The quantitative estimate of drug-likeness (QED) is 0.854. The molecule has 2 rings (SSSR count). The van der Waals surface area contributed by atoms with Crippen molar-refractivity contribution >= 4 is 0 Å². The normalized spacial score (nSPS) is 25.4. The molecule has 2 heterocycles. The number of nitrogens with two attached hydrogens (primary N) is 1. The van der Waals surface area contributed by atoms with E-state index in [9.17, 15) is 0 Å². The van der Waals surface area contributed by atoms with E-state index in [-0.39, 0.29) is 0 Å². The Bertz CT molecular complexity index is 260. The maximum Gasteiger partial charge on any atom is 0.0180 e. The Hall–Kier alpha value is -0.160. The summed E-state index contributed by atoms with van der Waals surface area (Å²) in [6.45, 7) is 18.9. The van der Waals surface area contributed by atoms with E-state index in [1.54, 1.807) is 0 Å². The van der Waals surface area contributed by atoms with Gasteiger partial charge < -0.3 is 20.4 Å². The monoisotopic (exact) mass is 298 g/mol. The summed E-state index contributed by atoms with van der Waals surface area (Å²) in [5.74, 6) is 1.60. The highest BCUT2D eigenvalue weighted by atomic mass is 15.2. The molecule has 126 valence electrons. The second-order valence-corrected chi connectivity index (χ2v) is 7.70. The molecular formula is C17H38N4. The van der Waals surface area contributed by atoms with Crippen molar-refractivity contribution in [1.29, 1.82) is 0 Å². The van der Waals surface area contributed by atoms with E-state index in [4.69, 9.17) is 5.73 Å². The maximum absolute atomic E-state index is 5.76. The summed E-state index contributed by atoms with van der Waals surface area (Å²) in [5, 5.41) is 0. The molecule has 0 saturated carbocycles. The van der Waals surface area contributed by atoms with Crippen LogP contribution in [0.5, 0.6) is 0 Å². The second kappa shape index (κ2) is 9.78. The molecule has 0 aromatic rings. The van der Waals surface area contributed by atoms with Crippen molar-refractivity contribution in [3.63, 3.8) is 0 Å². The lowest BCUT2D eigenvalue weighted by Crippen LogP contribution is -2.45. The molecule has 2 fully saturated rings. The predicted molar refractivity (Wildman–Crippen MR) is 92.6 cm³/mol. The molecule has 1 atom stereocenters. The van der Waals surface area contributed by atoms with Crippen molar-refractivity contribution in [2.75, 3.05) is 59.4 Å². The minimum absolute atomic E-state index is 0.443. The van der Waals surface area contributed by atoms with Gasteiger partial charge in [-0.3, -0.25) is 0 Å². The summed E-state index contributed by atoms with van der Waals surface area (Å²) in [5.41, 5.74) is 5.76. The van der Waals surface area contributed by atoms with Gasteiger partial charge in [0.15, 0.2) is 0 Å². The SMILES string of the molecule is CC(C)CN1CCC(N)C1.CC(C)CN1CCN(C)CC1. The number of nitrogens with zero attached hydrogens (tertiary/aromatic N) is 3. The van der Waals surface area contributed by atoms with Crippen LogP contribution in [0, 0.1) is 11.8 Å². The predicted octanol–water partition coefficient (Wildman–Crippen LogP) is 1.57. The molecule has 0 radical (unpaired) electrons. The second-order valence-electron chi connectivity index (χ2n) is 7.70. The molecule has 4 heteroatoms. The third-order valence-electron chi connectivity index (χ3n) is 4.15. The highest BCUT2D eigenvalue weighted by molar-refractivity contribution is 4.77. The van der Waals surface area contributed by atoms with Gasteiger partial charge in [0, 0.05) is 51.9 Å². The zero-order valence-electron chi connectivity index (χ0n) is 15.0. The van der Waals surface area contributed by atoms with E-state index in [0.717, 1.165) is 18.4 Å². The molecule has 2 N–H and O–H groups in total. The average Bonchev–Trinajstić information content (AvgIpc) is 2.77. The van der Waals surface area contributed by atoms with Crippen LogP contribution in [0.15, 0.2) is 0 Å². The first-order valence-corrected chi connectivity index (χ1v) is 8.75. The first-order chi connectivity index (χ1) is 9.86. The van der Waals surface area contributed by atoms with Crippen molar-refractivity contribution in [2.45, 2.75) is 40.2 Å². The van der Waals surface area contributed by atoms with Crippen LogP contribution in [0.25, 0.3) is 0 Å². The van der Waals surface area contributed by atoms with Gasteiger partial charge in [-0.2, -0.15) is 0 Å². The number of likely N-dealkylation sites (N-methyl/N-ethyl adjacent to an activating group) is 1. The topological polar surface area (TPSA) is 35.7 Å². The standard InChI is InChI=1S/C9H20N2.C8H18N2/c1-9(2)8-11-6-4-10(3)5-7-11;1-7(2)5-10-4-3-8(9)6-10/h9H,4-8H2,1-3H3;7-8H,3-6,9H2,1-2H3. The largest absolute Gasteiger partial charge is 0.326 e. The molecular weight excluding hydrogens is 260 g/mol. The van der Waals surface area contributed by atoms with Gasteiger partial charge in [0.2, 0.25) is 0 Å². The minimum atomic E-state index is 0.443. The number of hydrogen-bond acceptors (Lipinski definition) is 4. The van der Waals surface area contributed by atoms with E-state index >= 15 is 0 Å². The Morgan fingerprint density at radius 1 is 0.857 bits per heavy atom. The fourth-order valence-electron chi connectivity index (χ4n) is 3.09. The minimum Gasteiger partial charge on any atom is -0.326 e. The zero-order valence-corrected chi connectivity index (χ0v) is 15.0. The lowest BCUT2D eigenvalue weighted by atomic mass is 10.2. The summed E-state index contributed by atoms with van der Waals surface area (Å²) >= 11 is 0. The molecule has 0 bridgehead atoms. The van der Waals surface area contributed by atoms with Crippen LogP contribution in [0.2, 0.25) is 0 Å². The zero-order chi connectivity index (χ0) is 15.8. The van der Waals surface area contributed by atoms with Crippen LogP contribution in [-0.2, 0) is 0 Å². The lowest BCUT2D eigenvalue weighted by molar-refractivity contribution is 0.141. The summed E-state index contributed by atoms with van der Waals surface area (Å²) in [7, 11) is 2.20. The van der Waals surface area contributed by atoms with Gasteiger partial charge in [-0.15, -0.1) is 0 Å². The van der Waals surface area contributed by atoms with Crippen LogP contribution in [0.3, 0.4) is 0 Å². The van der Waals surface area contributed by atoms with Crippen LogP contribution in [0.4, 0.5) is 0 Å². The lowest BCUT2D eigenvalue weighted by Gasteiger charge is -2.33. The molecule has 1 unspecified atom stereocenters. The van der Waals surface area contributed by atoms with E-state index in [1.807, 2.05) is 0 Å². The molecule has 4 nitrogen and oxygen atoms in total. The smallest absolute Gasteiger partial charge is 0.0180 e. The molecule has 2 aliphatic heterocycles. The summed E-state index contributed by atoms with van der Waals surface area (Å²) in [4.78, 5) is 7.41. The fourth-order valence-corrected chi connectivity index (χ4v) is 3.09. The fraction of sp³-hybridized carbons (Fsp3) is 1.00. The molecule has 0 spiro atoms. The van der Waals surface area contributed by atoms with Crippen LogP contribution in [-0.4, -0.2) is 80.1 Å². The molecule has 0 amide bonds. The first-order valence-electron chi connectivity index (χ1n) is 8.75. The maximum atomic E-state index is 5.76. The van der Waals surface area contributed by atoms with Crippen molar-refractivity contribution in [3.05, 3.63) is 0 Å². The van der Waals surface area contributed by atoms with Crippen LogP contribution in [0.1, 0.15) is 34.1 Å². The van der Waals surface area contributed by atoms with Gasteiger partial charge >= 0.3 is 0 Å². The summed E-state index contributed by atoms with van der Waals surface area (Å²) in [6.07, 6.45) is 1.19. The van der Waals surface area contributed by atoms with Gasteiger partial charge in [0.25, 0.3) is 0 Å². The molecule has 21 heavy (non-hydrogen) atoms. The Balaban J connectivity index is 0.000000211. The van der Waals surface area contributed by atoms with E-state index in [0.29, 0.717) is 6.04 Å². The van der Waals surface area contributed by atoms with E-state index < -0.39 is 0 Å². The van der Waals surface area contributed by atoms with Gasteiger partial charge in [0.1, 0.15) is 0 Å². The van der Waals surface area contributed by atoms with Gasteiger partial charge in [0.05, 0.1) is 0 Å². The number of piperazine rings is 1. The molecule has 0 aliphatic carbocycles. The van der Waals surface area contributed by atoms with E-state index in [1.165, 1.54) is 52.2 Å². The summed E-state index contributed by atoms with van der Waals surface area (Å²) < 4.78 is 0. The highest BCUT2D eigenvalue weighted by Gasteiger charge is 2.18. The number of hydrogen-bond donors (Lipinski definition) is 1. The number of likely N-dealkylation sites (tertiary alicyclic amines) is 1. The average molecular weight is 299 g/mol. The van der Waals surface area contributed by atoms with Crippen molar-refractivity contribution < 1.29 is 0 Å². The molecule has 2 aliphatic rings. The molecule has 2 saturated heterocycles. The summed E-state index contributed by atoms with van der Waals surface area (Å²) in [6, 6.07) is 0.443. The molecule has 0 aromatic carbocycles. The van der Waals surface area contributed by atoms with Gasteiger partial charge in [-0.05, 0) is 31.8 Å². The Labute approximate surface area is 132 Å². The van der Waals surface area contributed by atoms with Gasteiger partial charge in [-0.25, -0.2) is 0 Å². The Morgan fingerprint density at radius 2 is 1.38 bits per heavy atom. The van der Waals surface area contributed by atoms with Crippen LogP contribution < -0.4 is 5.73 Å². The van der Waals surface area contributed by atoms with Crippen LogP contribution >= 0.6 is 0 Å². The van der Waals surface area contributed by atoms with E-state index in [2.05, 4.69) is 49.4 Å². The Kier molecular flexibility index (Phi) is 8.79. The molecule has 0 aromatic heterocycles. The van der Waals surface area contributed by atoms with Crippen molar-refractivity contribution in [1.82, 2.24) is 14.7 Å². The third kappa shape index (κ3) is 8.77. The third-order valence-corrected chi connectivity index (χ3v) is 4.15. The van der Waals surface area contributed by atoms with Gasteiger partial charge in [-0.1, -0.05) is 27.7 Å².